The molecule has 2 aromatic carbocycles. The van der Waals surface area contributed by atoms with Crippen LogP contribution in [0.2, 0.25) is 5.02 Å². The molecule has 118 valence electrons. The number of benzene rings is 2. The van der Waals surface area contributed by atoms with E-state index in [0.717, 1.165) is 0 Å². The number of aromatic hydroxyl groups is 1. The summed E-state index contributed by atoms with van der Waals surface area (Å²) in [5.41, 5.74) is 1.41. The minimum Gasteiger partial charge on any atom is -0.507 e. The third kappa shape index (κ3) is 3.74. The van der Waals surface area contributed by atoms with Crippen molar-refractivity contribution in [1.29, 1.82) is 0 Å². The van der Waals surface area contributed by atoms with Gasteiger partial charge in [-0.25, -0.2) is 8.78 Å². The Bertz CT molecular complexity index is 621. The van der Waals surface area contributed by atoms with E-state index in [2.05, 4.69) is 0 Å². The molecule has 0 bridgehead atoms. The summed E-state index contributed by atoms with van der Waals surface area (Å²) in [6, 6.07) is 8.78. The van der Waals surface area contributed by atoms with Crippen LogP contribution in [0.1, 0.15) is 28.4 Å². The van der Waals surface area contributed by atoms with E-state index in [0.29, 0.717) is 16.7 Å². The van der Waals surface area contributed by atoms with Crippen LogP contribution in [0, 0.1) is 0 Å². The Morgan fingerprint density at radius 2 is 1.68 bits per heavy atom. The van der Waals surface area contributed by atoms with Crippen LogP contribution in [0.25, 0.3) is 0 Å². The van der Waals surface area contributed by atoms with Crippen LogP contribution >= 0.6 is 11.6 Å². The lowest BCUT2D eigenvalue weighted by Gasteiger charge is -2.16. The molecule has 2 aromatic rings. The predicted octanol–water partition coefficient (Wildman–Crippen LogP) is 3.43. The molecule has 0 spiro atoms. The molecule has 1 atom stereocenters. The molecule has 0 aliphatic carbocycles. The zero-order valence-corrected chi connectivity index (χ0v) is 12.3. The number of phenolic OH excluding ortho intramolecular Hbond substituents is 1. The van der Waals surface area contributed by atoms with E-state index in [-0.39, 0.29) is 29.4 Å². The molecule has 0 saturated carbocycles. The molecule has 3 N–H and O–H groups in total. The molecule has 3 nitrogen and oxygen atoms in total. The highest BCUT2D eigenvalue weighted by molar-refractivity contribution is 6.31. The van der Waals surface area contributed by atoms with Crippen LogP contribution in [0.15, 0.2) is 36.4 Å². The van der Waals surface area contributed by atoms with Crippen molar-refractivity contribution in [2.24, 2.45) is 0 Å². The van der Waals surface area contributed by atoms with Crippen molar-refractivity contribution in [1.82, 2.24) is 0 Å². The van der Waals surface area contributed by atoms with E-state index >= 15 is 0 Å². The van der Waals surface area contributed by atoms with Crippen molar-refractivity contribution in [3.8, 4) is 5.75 Å². The Balaban J connectivity index is 2.30. The predicted molar refractivity (Wildman–Crippen MR) is 79.3 cm³/mol. The zero-order valence-electron chi connectivity index (χ0n) is 11.5. The first kappa shape index (κ1) is 16.7. The van der Waals surface area contributed by atoms with Gasteiger partial charge in [0, 0.05) is 12.0 Å². The summed E-state index contributed by atoms with van der Waals surface area (Å²) < 4.78 is 24.6. The third-order valence-corrected chi connectivity index (χ3v) is 3.62. The normalized spacial score (nSPS) is 12.6. The van der Waals surface area contributed by atoms with Crippen molar-refractivity contribution >= 4 is 11.6 Å². The highest BCUT2D eigenvalue weighted by Crippen LogP contribution is 2.36. The minimum atomic E-state index is -2.43. The van der Waals surface area contributed by atoms with Gasteiger partial charge >= 0.3 is 0 Å². The smallest absolute Gasteiger partial charge is 0.242 e. The lowest BCUT2D eigenvalue weighted by atomic mass is 9.98. The fourth-order valence-corrected chi connectivity index (χ4v) is 2.54. The molecule has 0 aliphatic rings. The van der Waals surface area contributed by atoms with Gasteiger partial charge in [0.2, 0.25) is 6.43 Å². The molecular formula is C16H15ClF2O3. The first-order valence-electron chi connectivity index (χ1n) is 6.59. The van der Waals surface area contributed by atoms with Gasteiger partial charge in [-0.05, 0) is 28.8 Å². The quantitative estimate of drug-likeness (QED) is 0.788. The minimum absolute atomic E-state index is 0.112. The third-order valence-electron chi connectivity index (χ3n) is 3.31. The van der Waals surface area contributed by atoms with Crippen LogP contribution < -0.4 is 0 Å². The number of hydrogen-bond acceptors (Lipinski definition) is 3. The first-order chi connectivity index (χ1) is 10.4. The summed E-state index contributed by atoms with van der Waals surface area (Å²) >= 11 is 6.03. The number of aliphatic hydroxyl groups is 2. The summed E-state index contributed by atoms with van der Waals surface area (Å²) in [7, 11) is 0. The van der Waals surface area contributed by atoms with E-state index in [4.69, 9.17) is 16.7 Å². The molecule has 0 aliphatic heterocycles. The van der Waals surface area contributed by atoms with Crippen LogP contribution in [0.5, 0.6) is 5.75 Å². The molecule has 6 heteroatoms. The molecule has 0 aromatic heterocycles. The highest BCUT2D eigenvalue weighted by atomic mass is 35.5. The molecule has 22 heavy (non-hydrogen) atoms. The van der Waals surface area contributed by atoms with Crippen molar-refractivity contribution in [2.75, 3.05) is 0 Å². The van der Waals surface area contributed by atoms with Gasteiger partial charge in [0.05, 0.1) is 11.6 Å². The van der Waals surface area contributed by atoms with Crippen molar-refractivity contribution in [2.45, 2.75) is 25.6 Å². The highest BCUT2D eigenvalue weighted by Gasteiger charge is 2.19. The Morgan fingerprint density at radius 3 is 2.18 bits per heavy atom. The zero-order chi connectivity index (χ0) is 16.3. The maximum absolute atomic E-state index is 12.3. The van der Waals surface area contributed by atoms with Gasteiger partial charge in [0.25, 0.3) is 0 Å². The Hall–Kier alpha value is -1.69. The van der Waals surface area contributed by atoms with Crippen molar-refractivity contribution in [3.05, 3.63) is 63.7 Å². The number of alkyl halides is 2. The molecule has 2 rings (SSSR count). The second kappa shape index (κ2) is 7.05. The maximum Gasteiger partial charge on any atom is 0.242 e. The van der Waals surface area contributed by atoms with Gasteiger partial charge in [-0.3, -0.25) is 0 Å². The Morgan fingerprint density at radius 1 is 1.05 bits per heavy atom. The molecule has 0 heterocycles. The monoisotopic (exact) mass is 328 g/mol. The Labute approximate surface area is 131 Å². The Kier molecular flexibility index (Phi) is 5.34. The topological polar surface area (TPSA) is 60.7 Å². The molecular weight excluding hydrogens is 314 g/mol. The standard InChI is InChI=1S/C16H15ClF2O3/c17-12-5-10(8-20)6-13(21)15(12)16(22)11-3-1-9(2-4-11)7-14(18)19/h1-6,14,16,20-22H,7-8H2. The average Bonchev–Trinajstić information content (AvgIpc) is 2.46. The van der Waals surface area contributed by atoms with Gasteiger partial charge in [0.15, 0.2) is 0 Å². The van der Waals surface area contributed by atoms with Crippen LogP contribution in [-0.4, -0.2) is 21.7 Å². The number of phenols is 1. The number of halogens is 3. The van der Waals surface area contributed by atoms with E-state index < -0.39 is 12.5 Å². The van der Waals surface area contributed by atoms with E-state index in [1.807, 2.05) is 0 Å². The van der Waals surface area contributed by atoms with Crippen molar-refractivity contribution < 1.29 is 24.1 Å². The summed E-state index contributed by atoms with van der Waals surface area (Å²) in [4.78, 5) is 0. The fourth-order valence-electron chi connectivity index (χ4n) is 2.20. The van der Waals surface area contributed by atoms with E-state index in [9.17, 15) is 19.0 Å². The summed E-state index contributed by atoms with van der Waals surface area (Å²) in [6.45, 7) is -0.286. The fraction of sp³-hybridized carbons (Fsp3) is 0.250. The molecule has 1 unspecified atom stereocenters. The molecule has 0 amide bonds. The van der Waals surface area contributed by atoms with Crippen LogP contribution in [0.3, 0.4) is 0 Å². The van der Waals surface area contributed by atoms with Crippen molar-refractivity contribution in [3.63, 3.8) is 0 Å². The summed E-state index contributed by atoms with van der Waals surface area (Å²) in [5, 5.41) is 29.4. The first-order valence-corrected chi connectivity index (χ1v) is 6.97. The molecule has 0 saturated heterocycles. The lowest BCUT2D eigenvalue weighted by Crippen LogP contribution is -2.03. The molecule has 0 fully saturated rings. The molecule has 0 radical (unpaired) electrons. The maximum atomic E-state index is 12.3. The van der Waals surface area contributed by atoms with E-state index in [1.54, 1.807) is 0 Å². The largest absolute Gasteiger partial charge is 0.507 e. The number of rotatable bonds is 5. The lowest BCUT2D eigenvalue weighted by molar-refractivity contribution is 0.149. The van der Waals surface area contributed by atoms with Gasteiger partial charge in [-0.2, -0.15) is 0 Å². The van der Waals surface area contributed by atoms with Gasteiger partial charge in [0.1, 0.15) is 11.9 Å². The van der Waals surface area contributed by atoms with Gasteiger partial charge in [-0.15, -0.1) is 0 Å². The van der Waals surface area contributed by atoms with E-state index in [1.165, 1.54) is 36.4 Å². The number of aliphatic hydroxyl groups excluding tert-OH is 2. The van der Waals surface area contributed by atoms with Crippen LogP contribution in [-0.2, 0) is 13.0 Å². The summed E-state index contributed by atoms with van der Waals surface area (Å²) in [5.74, 6) is -0.235. The van der Waals surface area contributed by atoms with Crippen LogP contribution in [0.4, 0.5) is 8.78 Å². The average molecular weight is 329 g/mol. The summed E-state index contributed by atoms with van der Waals surface area (Å²) in [6.07, 6.45) is -3.98. The second-order valence-corrected chi connectivity index (χ2v) is 5.32. The van der Waals surface area contributed by atoms with Gasteiger partial charge < -0.3 is 15.3 Å². The van der Waals surface area contributed by atoms with Gasteiger partial charge in [-0.1, -0.05) is 35.9 Å². The second-order valence-electron chi connectivity index (χ2n) is 4.91. The SMILES string of the molecule is OCc1cc(O)c(C(O)c2ccc(CC(F)F)cc2)c(Cl)c1. The number of hydrogen-bond donors (Lipinski definition) is 3.